The van der Waals surface area contributed by atoms with Gasteiger partial charge < -0.3 is 14.8 Å². The molecule has 1 aliphatic rings. The molecule has 0 aliphatic heterocycles. The van der Waals surface area contributed by atoms with E-state index in [4.69, 9.17) is 9.47 Å². The number of esters is 1. The van der Waals surface area contributed by atoms with Crippen LogP contribution in [0.15, 0.2) is 42.5 Å². The highest BCUT2D eigenvalue weighted by Gasteiger charge is 2.14. The monoisotopic (exact) mass is 381 g/mol. The van der Waals surface area contributed by atoms with E-state index >= 15 is 0 Å². The van der Waals surface area contributed by atoms with Crippen LogP contribution in [0, 0.1) is 0 Å². The number of rotatable bonds is 8. The quantitative estimate of drug-likeness (QED) is 0.711. The Bertz CT molecular complexity index is 829. The highest BCUT2D eigenvalue weighted by Crippen LogP contribution is 2.26. The first-order chi connectivity index (χ1) is 13.5. The Kier molecular flexibility index (Phi) is 6.69. The summed E-state index contributed by atoms with van der Waals surface area (Å²) < 4.78 is 10.5. The molecule has 0 fully saturated rings. The van der Waals surface area contributed by atoms with Crippen molar-refractivity contribution in [3.8, 4) is 5.75 Å². The second-order valence-electron chi connectivity index (χ2n) is 7.12. The molecule has 1 aliphatic carbocycles. The van der Waals surface area contributed by atoms with E-state index in [9.17, 15) is 9.59 Å². The molecule has 0 radical (unpaired) electrons. The second-order valence-corrected chi connectivity index (χ2v) is 7.12. The van der Waals surface area contributed by atoms with Crippen molar-refractivity contribution in [1.82, 2.24) is 5.32 Å². The van der Waals surface area contributed by atoms with Crippen molar-refractivity contribution in [2.45, 2.75) is 45.6 Å². The van der Waals surface area contributed by atoms with Gasteiger partial charge in [-0.1, -0.05) is 37.3 Å². The molecule has 0 spiro atoms. The zero-order chi connectivity index (χ0) is 19.9. The fraction of sp³-hybridized carbons (Fsp3) is 0.391. The van der Waals surface area contributed by atoms with Crippen LogP contribution in [0.3, 0.4) is 0 Å². The van der Waals surface area contributed by atoms with E-state index in [1.54, 1.807) is 0 Å². The van der Waals surface area contributed by atoms with E-state index < -0.39 is 5.97 Å². The molecular formula is C23H27NO4. The number of amides is 1. The number of carbonyl (C=O) groups excluding carboxylic acids is 2. The van der Waals surface area contributed by atoms with Crippen LogP contribution in [-0.4, -0.2) is 25.1 Å². The lowest BCUT2D eigenvalue weighted by Crippen LogP contribution is -2.31. The SMILES string of the molecule is CCc1ccc([C@@H](C)NC(=O)COC(=O)COc2ccc3c(c2)CCC3)cc1. The van der Waals surface area contributed by atoms with Gasteiger partial charge in [-0.2, -0.15) is 0 Å². The Hall–Kier alpha value is -2.82. The number of hydrogen-bond donors (Lipinski definition) is 1. The minimum Gasteiger partial charge on any atom is -0.482 e. The smallest absolute Gasteiger partial charge is 0.344 e. The molecule has 28 heavy (non-hydrogen) atoms. The molecule has 1 amide bonds. The third-order valence-electron chi connectivity index (χ3n) is 5.06. The van der Waals surface area contributed by atoms with E-state index in [1.165, 1.54) is 16.7 Å². The number of hydrogen-bond acceptors (Lipinski definition) is 4. The maximum absolute atomic E-state index is 12.0. The predicted molar refractivity (Wildman–Crippen MR) is 107 cm³/mol. The third kappa shape index (κ3) is 5.35. The lowest BCUT2D eigenvalue weighted by atomic mass is 10.1. The Labute approximate surface area is 166 Å². The number of aryl methyl sites for hydroxylation is 3. The zero-order valence-electron chi connectivity index (χ0n) is 16.5. The molecule has 0 saturated heterocycles. The van der Waals surface area contributed by atoms with Crippen molar-refractivity contribution >= 4 is 11.9 Å². The first kappa shape index (κ1) is 19.9. The molecule has 0 heterocycles. The summed E-state index contributed by atoms with van der Waals surface area (Å²) in [4.78, 5) is 23.9. The fourth-order valence-electron chi connectivity index (χ4n) is 3.38. The van der Waals surface area contributed by atoms with Crippen molar-refractivity contribution in [2.24, 2.45) is 0 Å². The van der Waals surface area contributed by atoms with Crippen molar-refractivity contribution < 1.29 is 19.1 Å². The van der Waals surface area contributed by atoms with Crippen molar-refractivity contribution in [2.75, 3.05) is 13.2 Å². The molecule has 3 rings (SSSR count). The standard InChI is InChI=1S/C23H27NO4/c1-3-17-7-9-18(10-8-17)16(2)24-22(25)14-28-23(26)15-27-21-12-11-19-5-4-6-20(19)13-21/h7-13,16H,3-6,14-15H2,1-2H3,(H,24,25)/t16-/m1/s1. The van der Waals surface area contributed by atoms with Gasteiger partial charge in [0.05, 0.1) is 6.04 Å². The minimum atomic E-state index is -0.560. The Morgan fingerprint density at radius 2 is 1.79 bits per heavy atom. The molecule has 1 N–H and O–H groups in total. The van der Waals surface area contributed by atoms with Gasteiger partial charge in [-0.25, -0.2) is 4.79 Å². The van der Waals surface area contributed by atoms with Crippen LogP contribution >= 0.6 is 0 Å². The summed E-state index contributed by atoms with van der Waals surface area (Å²) in [5.74, 6) is -0.236. The van der Waals surface area contributed by atoms with Gasteiger partial charge in [-0.15, -0.1) is 0 Å². The molecule has 0 aromatic heterocycles. The van der Waals surface area contributed by atoms with Crippen LogP contribution < -0.4 is 10.1 Å². The third-order valence-corrected chi connectivity index (χ3v) is 5.06. The molecule has 148 valence electrons. The van der Waals surface area contributed by atoms with Gasteiger partial charge in [-0.3, -0.25) is 4.79 Å². The summed E-state index contributed by atoms with van der Waals surface area (Å²) in [6, 6.07) is 13.8. The largest absolute Gasteiger partial charge is 0.482 e. The van der Waals surface area contributed by atoms with Crippen LogP contribution in [0.2, 0.25) is 0 Å². The number of nitrogens with one attached hydrogen (secondary N) is 1. The summed E-state index contributed by atoms with van der Waals surface area (Å²) in [5, 5.41) is 2.83. The van der Waals surface area contributed by atoms with Gasteiger partial charge in [0.25, 0.3) is 5.91 Å². The van der Waals surface area contributed by atoms with Crippen LogP contribution in [0.5, 0.6) is 5.75 Å². The molecule has 2 aromatic carbocycles. The van der Waals surface area contributed by atoms with E-state index in [0.717, 1.165) is 31.2 Å². The van der Waals surface area contributed by atoms with Gasteiger partial charge in [-0.05, 0) is 67.0 Å². The molecule has 0 bridgehead atoms. The Morgan fingerprint density at radius 1 is 1.04 bits per heavy atom. The number of ether oxygens (including phenoxy) is 2. The molecule has 5 heteroatoms. The van der Waals surface area contributed by atoms with Gasteiger partial charge in [0.2, 0.25) is 0 Å². The van der Waals surface area contributed by atoms with Crippen molar-refractivity contribution in [3.05, 3.63) is 64.7 Å². The van der Waals surface area contributed by atoms with E-state index in [0.29, 0.717) is 5.75 Å². The Balaban J connectivity index is 1.39. The highest BCUT2D eigenvalue weighted by atomic mass is 16.6. The van der Waals surface area contributed by atoms with Crippen LogP contribution in [0.4, 0.5) is 0 Å². The van der Waals surface area contributed by atoms with Gasteiger partial charge in [0.1, 0.15) is 5.75 Å². The summed E-state index contributed by atoms with van der Waals surface area (Å²) in [6.45, 7) is 3.48. The van der Waals surface area contributed by atoms with Gasteiger partial charge in [0, 0.05) is 0 Å². The van der Waals surface area contributed by atoms with Crippen LogP contribution in [-0.2, 0) is 33.6 Å². The summed E-state index contributed by atoms with van der Waals surface area (Å²) in [6.07, 6.45) is 4.30. The lowest BCUT2D eigenvalue weighted by Gasteiger charge is -2.15. The molecule has 0 unspecified atom stereocenters. The predicted octanol–water partition coefficient (Wildman–Crippen LogP) is 3.54. The second kappa shape index (κ2) is 9.40. The summed E-state index contributed by atoms with van der Waals surface area (Å²) in [5.41, 5.74) is 4.90. The van der Waals surface area contributed by atoms with E-state index in [-0.39, 0.29) is 25.2 Å². The van der Waals surface area contributed by atoms with Crippen LogP contribution in [0.25, 0.3) is 0 Å². The first-order valence-electron chi connectivity index (χ1n) is 9.83. The number of benzene rings is 2. The normalized spacial score (nSPS) is 13.5. The zero-order valence-corrected chi connectivity index (χ0v) is 16.5. The van der Waals surface area contributed by atoms with Gasteiger partial charge >= 0.3 is 5.97 Å². The van der Waals surface area contributed by atoms with Crippen LogP contribution in [0.1, 0.15) is 48.6 Å². The van der Waals surface area contributed by atoms with E-state index in [2.05, 4.69) is 12.2 Å². The maximum Gasteiger partial charge on any atom is 0.344 e. The first-order valence-corrected chi connectivity index (χ1v) is 9.83. The van der Waals surface area contributed by atoms with Gasteiger partial charge in [0.15, 0.2) is 13.2 Å². The van der Waals surface area contributed by atoms with Crippen molar-refractivity contribution in [3.63, 3.8) is 0 Å². The molecule has 2 aromatic rings. The molecular weight excluding hydrogens is 354 g/mol. The molecule has 0 saturated carbocycles. The average molecular weight is 381 g/mol. The topological polar surface area (TPSA) is 64.6 Å². The highest BCUT2D eigenvalue weighted by molar-refractivity contribution is 5.81. The summed E-state index contributed by atoms with van der Waals surface area (Å²) >= 11 is 0. The van der Waals surface area contributed by atoms with Crippen molar-refractivity contribution in [1.29, 1.82) is 0 Å². The Morgan fingerprint density at radius 3 is 2.54 bits per heavy atom. The van der Waals surface area contributed by atoms with E-state index in [1.807, 2.05) is 49.4 Å². The number of fused-ring (bicyclic) bond motifs is 1. The molecule has 5 nitrogen and oxygen atoms in total. The lowest BCUT2D eigenvalue weighted by molar-refractivity contribution is -0.150. The fourth-order valence-corrected chi connectivity index (χ4v) is 3.38. The molecule has 1 atom stereocenters. The summed E-state index contributed by atoms with van der Waals surface area (Å²) in [7, 11) is 0. The number of carbonyl (C=O) groups is 2. The maximum atomic E-state index is 12.0. The minimum absolute atomic E-state index is 0.153. The average Bonchev–Trinajstić information content (AvgIpc) is 3.18.